The van der Waals surface area contributed by atoms with Gasteiger partial charge in [0.2, 0.25) is 11.8 Å². The predicted octanol–water partition coefficient (Wildman–Crippen LogP) is 2.46. The van der Waals surface area contributed by atoms with Crippen molar-refractivity contribution >= 4 is 33.4 Å². The molecule has 27 heavy (non-hydrogen) atoms. The van der Waals surface area contributed by atoms with E-state index in [1.165, 1.54) is 4.70 Å². The number of fused-ring (bicyclic) bond motifs is 1. The Hall–Kier alpha value is -1.99. The highest BCUT2D eigenvalue weighted by molar-refractivity contribution is 7.18. The number of nitrogens with zero attached hydrogens (tertiary/aromatic N) is 3. The van der Waals surface area contributed by atoms with Gasteiger partial charge < -0.3 is 10.2 Å². The van der Waals surface area contributed by atoms with Crippen molar-refractivity contribution in [1.29, 1.82) is 0 Å². The number of carbonyl (C=O) groups is 2. The molecule has 1 saturated heterocycles. The molecule has 0 bridgehead atoms. The van der Waals surface area contributed by atoms with E-state index in [1.807, 2.05) is 44.0 Å². The Balaban J connectivity index is 1.57. The third kappa shape index (κ3) is 5.26. The summed E-state index contributed by atoms with van der Waals surface area (Å²) in [5.41, 5.74) is 1.04. The van der Waals surface area contributed by atoms with Crippen LogP contribution in [-0.2, 0) is 9.59 Å². The Morgan fingerprint density at radius 2 is 2.11 bits per heavy atom. The first kappa shape index (κ1) is 19.8. The lowest BCUT2D eigenvalue weighted by Crippen LogP contribution is -2.46. The van der Waals surface area contributed by atoms with Crippen molar-refractivity contribution < 1.29 is 9.59 Å². The Morgan fingerprint density at radius 1 is 1.33 bits per heavy atom. The molecule has 2 amide bonds. The van der Waals surface area contributed by atoms with E-state index < -0.39 is 0 Å². The third-order valence-corrected chi connectivity index (χ3v) is 5.90. The van der Waals surface area contributed by atoms with Gasteiger partial charge >= 0.3 is 0 Å². The first-order valence-electron chi connectivity index (χ1n) is 9.53. The predicted molar refractivity (Wildman–Crippen MR) is 109 cm³/mol. The minimum absolute atomic E-state index is 0.0497. The first-order valence-corrected chi connectivity index (χ1v) is 10.3. The molecule has 1 atom stereocenters. The van der Waals surface area contributed by atoms with Crippen LogP contribution >= 0.6 is 11.3 Å². The Morgan fingerprint density at radius 3 is 2.85 bits per heavy atom. The lowest BCUT2D eigenvalue weighted by Gasteiger charge is -2.33. The number of likely N-dealkylation sites (tertiary alicyclic amines) is 1. The number of para-hydroxylation sites is 1. The zero-order chi connectivity index (χ0) is 19.4. The van der Waals surface area contributed by atoms with Crippen LogP contribution in [0.2, 0.25) is 0 Å². The van der Waals surface area contributed by atoms with Crippen LogP contribution < -0.4 is 5.32 Å². The molecule has 1 fully saturated rings. The van der Waals surface area contributed by atoms with Gasteiger partial charge in [0.05, 0.1) is 28.3 Å². The average molecular weight is 389 g/mol. The third-order valence-electron chi connectivity index (χ3n) is 4.70. The number of rotatable bonds is 6. The Kier molecular flexibility index (Phi) is 6.44. The summed E-state index contributed by atoms with van der Waals surface area (Å²) >= 11 is 1.73. The molecule has 2 heterocycles. The van der Waals surface area contributed by atoms with Gasteiger partial charge in [-0.2, -0.15) is 0 Å². The topological polar surface area (TPSA) is 65.5 Å². The number of benzene rings is 1. The van der Waals surface area contributed by atoms with Crippen LogP contribution in [0.15, 0.2) is 24.3 Å². The van der Waals surface area contributed by atoms with E-state index in [4.69, 9.17) is 4.98 Å². The van der Waals surface area contributed by atoms with Gasteiger partial charge in [-0.1, -0.05) is 12.1 Å². The maximum Gasteiger partial charge on any atom is 0.236 e. The van der Waals surface area contributed by atoms with Gasteiger partial charge in [0.1, 0.15) is 0 Å². The molecule has 0 unspecified atom stereocenters. The zero-order valence-electron chi connectivity index (χ0n) is 16.3. The summed E-state index contributed by atoms with van der Waals surface area (Å²) in [4.78, 5) is 33.0. The SMILES string of the molecule is CC(C)NC(=O)CN(C)CC(=O)N1CCC[C@@H](c2nc3ccccc3s2)C1. The first-order chi connectivity index (χ1) is 12.9. The van der Waals surface area contributed by atoms with Gasteiger partial charge in [-0.25, -0.2) is 4.98 Å². The summed E-state index contributed by atoms with van der Waals surface area (Å²) in [6.07, 6.45) is 2.06. The highest BCUT2D eigenvalue weighted by Crippen LogP contribution is 2.32. The monoisotopic (exact) mass is 388 g/mol. The number of likely N-dealkylation sites (N-methyl/N-ethyl adjacent to an activating group) is 1. The molecule has 7 heteroatoms. The number of hydrogen-bond acceptors (Lipinski definition) is 5. The molecule has 0 saturated carbocycles. The number of hydrogen-bond donors (Lipinski definition) is 1. The molecular weight excluding hydrogens is 360 g/mol. The summed E-state index contributed by atoms with van der Waals surface area (Å²) in [6, 6.07) is 8.29. The number of nitrogens with one attached hydrogen (secondary N) is 1. The maximum absolute atomic E-state index is 12.7. The van der Waals surface area contributed by atoms with Crippen LogP contribution in [0.25, 0.3) is 10.2 Å². The van der Waals surface area contributed by atoms with E-state index in [1.54, 1.807) is 16.2 Å². The van der Waals surface area contributed by atoms with Gasteiger partial charge in [-0.15, -0.1) is 11.3 Å². The fourth-order valence-electron chi connectivity index (χ4n) is 3.47. The summed E-state index contributed by atoms with van der Waals surface area (Å²) < 4.78 is 1.20. The van der Waals surface area contributed by atoms with Crippen molar-refractivity contribution in [3.05, 3.63) is 29.3 Å². The fraction of sp³-hybridized carbons (Fsp3) is 0.550. The van der Waals surface area contributed by atoms with Crippen molar-refractivity contribution in [2.45, 2.75) is 38.6 Å². The highest BCUT2D eigenvalue weighted by Gasteiger charge is 2.27. The van der Waals surface area contributed by atoms with Crippen molar-refractivity contribution in [3.63, 3.8) is 0 Å². The van der Waals surface area contributed by atoms with Crippen LogP contribution in [0.1, 0.15) is 37.6 Å². The van der Waals surface area contributed by atoms with E-state index in [0.29, 0.717) is 12.5 Å². The zero-order valence-corrected chi connectivity index (χ0v) is 17.1. The normalized spacial score (nSPS) is 17.7. The molecular formula is C20H28N4O2S. The number of piperidine rings is 1. The molecule has 0 spiro atoms. The standard InChI is InChI=1S/C20H28N4O2S/c1-14(2)21-18(25)12-23(3)13-19(26)24-10-6-7-15(11-24)20-22-16-8-4-5-9-17(16)27-20/h4-5,8-9,14-15H,6-7,10-13H2,1-3H3,(H,21,25)/t15-/m1/s1. The number of aromatic nitrogens is 1. The van der Waals surface area contributed by atoms with Gasteiger partial charge in [0.15, 0.2) is 0 Å². The second kappa shape index (κ2) is 8.80. The molecule has 1 aliphatic rings. The summed E-state index contributed by atoms with van der Waals surface area (Å²) in [5, 5.41) is 3.98. The van der Waals surface area contributed by atoms with E-state index in [2.05, 4.69) is 11.4 Å². The van der Waals surface area contributed by atoms with Gasteiger partial charge in [0.25, 0.3) is 0 Å². The molecule has 6 nitrogen and oxygen atoms in total. The van der Waals surface area contributed by atoms with Crippen molar-refractivity contribution in [1.82, 2.24) is 20.1 Å². The molecule has 1 aliphatic heterocycles. The van der Waals surface area contributed by atoms with E-state index >= 15 is 0 Å². The molecule has 3 rings (SSSR count). The summed E-state index contributed by atoms with van der Waals surface area (Å²) in [6.45, 7) is 5.85. The molecule has 2 aromatic rings. The molecule has 1 aromatic heterocycles. The van der Waals surface area contributed by atoms with E-state index in [9.17, 15) is 9.59 Å². The van der Waals surface area contributed by atoms with Crippen LogP contribution in [0.4, 0.5) is 0 Å². The molecule has 0 radical (unpaired) electrons. The Bertz CT molecular complexity index is 771. The minimum atomic E-state index is -0.0497. The van der Waals surface area contributed by atoms with Crippen molar-refractivity contribution in [2.75, 3.05) is 33.2 Å². The van der Waals surface area contributed by atoms with Crippen molar-refractivity contribution in [2.24, 2.45) is 0 Å². The fourth-order valence-corrected chi connectivity index (χ4v) is 4.56. The lowest BCUT2D eigenvalue weighted by molar-refractivity contribution is -0.133. The number of carbonyl (C=O) groups excluding carboxylic acids is 2. The maximum atomic E-state index is 12.7. The molecule has 1 aromatic carbocycles. The average Bonchev–Trinajstić information content (AvgIpc) is 3.05. The number of thiazole rings is 1. The van der Waals surface area contributed by atoms with Crippen LogP contribution in [0.5, 0.6) is 0 Å². The quantitative estimate of drug-likeness (QED) is 0.826. The minimum Gasteiger partial charge on any atom is -0.353 e. The largest absolute Gasteiger partial charge is 0.353 e. The summed E-state index contributed by atoms with van der Waals surface area (Å²) in [5.74, 6) is 0.335. The van der Waals surface area contributed by atoms with Crippen LogP contribution in [0.3, 0.4) is 0 Å². The van der Waals surface area contributed by atoms with Crippen LogP contribution in [0, 0.1) is 0 Å². The second-order valence-electron chi connectivity index (χ2n) is 7.59. The Labute approximate surface area is 164 Å². The molecule has 1 N–H and O–H groups in total. The second-order valence-corrected chi connectivity index (χ2v) is 8.66. The van der Waals surface area contributed by atoms with E-state index in [0.717, 1.165) is 29.9 Å². The van der Waals surface area contributed by atoms with E-state index in [-0.39, 0.29) is 30.9 Å². The van der Waals surface area contributed by atoms with Gasteiger partial charge in [-0.3, -0.25) is 14.5 Å². The molecule has 146 valence electrons. The highest BCUT2D eigenvalue weighted by atomic mass is 32.1. The van der Waals surface area contributed by atoms with Crippen molar-refractivity contribution in [3.8, 4) is 0 Å². The molecule has 0 aliphatic carbocycles. The van der Waals surface area contributed by atoms with Gasteiger partial charge in [-0.05, 0) is 45.9 Å². The number of amides is 2. The smallest absolute Gasteiger partial charge is 0.236 e. The summed E-state index contributed by atoms with van der Waals surface area (Å²) in [7, 11) is 1.81. The van der Waals surface area contributed by atoms with Crippen LogP contribution in [-0.4, -0.2) is 65.9 Å². The lowest BCUT2D eigenvalue weighted by atomic mass is 9.98. The van der Waals surface area contributed by atoms with Gasteiger partial charge in [0, 0.05) is 25.0 Å².